The molecular weight excluding hydrogens is 244 g/mol. The van der Waals surface area contributed by atoms with Crippen LogP contribution in [0.4, 0.5) is 0 Å². The Kier molecular flexibility index (Phi) is 4.07. The molecule has 1 aromatic rings. The second kappa shape index (κ2) is 5.95. The first kappa shape index (κ1) is 13.0. The van der Waals surface area contributed by atoms with Crippen LogP contribution < -0.4 is 10.9 Å². The summed E-state index contributed by atoms with van der Waals surface area (Å²) in [6.45, 7) is 0. The summed E-state index contributed by atoms with van der Waals surface area (Å²) in [4.78, 5) is 11.8. The molecule has 5 heteroatoms. The highest BCUT2D eigenvalue weighted by Gasteiger charge is 2.10. The minimum absolute atomic E-state index is 0.0851. The normalized spacial score (nSPS) is 16.3. The molecule has 2 rings (SSSR count). The van der Waals surface area contributed by atoms with Gasteiger partial charge in [-0.25, -0.2) is 0 Å². The fourth-order valence-corrected chi connectivity index (χ4v) is 1.84. The molecule has 19 heavy (non-hydrogen) atoms. The van der Waals surface area contributed by atoms with Crippen molar-refractivity contribution in [2.45, 2.75) is 19.3 Å². The van der Waals surface area contributed by atoms with Gasteiger partial charge in [-0.15, -0.1) is 0 Å². The van der Waals surface area contributed by atoms with Gasteiger partial charge in [0, 0.05) is 12.3 Å². The average Bonchev–Trinajstić information content (AvgIpc) is 2.39. The number of hydrazine groups is 1. The first-order chi connectivity index (χ1) is 9.16. The van der Waals surface area contributed by atoms with Crippen LogP contribution in [0.15, 0.2) is 42.1 Å². The number of rotatable bonds is 3. The van der Waals surface area contributed by atoms with Gasteiger partial charge >= 0.3 is 0 Å². The summed E-state index contributed by atoms with van der Waals surface area (Å²) in [6.07, 6.45) is 8.85. The molecule has 0 aromatic heterocycles. The molecule has 0 bridgehead atoms. The Morgan fingerprint density at radius 1 is 1.26 bits per heavy atom. The highest BCUT2D eigenvalue weighted by molar-refractivity contribution is 5.96. The quantitative estimate of drug-likeness (QED) is 0.494. The maximum Gasteiger partial charge on any atom is 0.273 e. The van der Waals surface area contributed by atoms with Gasteiger partial charge in [0.15, 0.2) is 0 Å². The van der Waals surface area contributed by atoms with Gasteiger partial charge in [0.05, 0.1) is 5.56 Å². The SMILES string of the molecule is O=C(NN/C=C1\CC=CCC1)c1ccc(O)cc1O. The van der Waals surface area contributed by atoms with E-state index in [0.29, 0.717) is 0 Å². The molecule has 0 saturated heterocycles. The predicted molar refractivity (Wildman–Crippen MR) is 71.4 cm³/mol. The summed E-state index contributed by atoms with van der Waals surface area (Å²) in [6, 6.07) is 3.83. The minimum Gasteiger partial charge on any atom is -0.508 e. The molecule has 1 amide bonds. The van der Waals surface area contributed by atoms with Gasteiger partial charge in [0.2, 0.25) is 0 Å². The molecule has 0 spiro atoms. The topological polar surface area (TPSA) is 81.6 Å². The van der Waals surface area contributed by atoms with Crippen molar-refractivity contribution in [3.63, 3.8) is 0 Å². The van der Waals surface area contributed by atoms with Gasteiger partial charge in [0.1, 0.15) is 11.5 Å². The number of hydrogen-bond donors (Lipinski definition) is 4. The third-order valence-corrected chi connectivity index (χ3v) is 2.87. The fourth-order valence-electron chi connectivity index (χ4n) is 1.84. The molecule has 0 atom stereocenters. The van der Waals surface area contributed by atoms with Crippen LogP contribution in [0.2, 0.25) is 0 Å². The fraction of sp³-hybridized carbons (Fsp3) is 0.214. The van der Waals surface area contributed by atoms with Crippen molar-refractivity contribution in [3.05, 3.63) is 47.7 Å². The van der Waals surface area contributed by atoms with E-state index in [2.05, 4.69) is 23.0 Å². The van der Waals surface area contributed by atoms with Gasteiger partial charge in [-0.3, -0.25) is 10.2 Å². The smallest absolute Gasteiger partial charge is 0.273 e. The summed E-state index contributed by atoms with van der Waals surface area (Å²) in [7, 11) is 0. The third kappa shape index (κ3) is 3.51. The lowest BCUT2D eigenvalue weighted by Crippen LogP contribution is -2.33. The van der Waals surface area contributed by atoms with E-state index in [0.717, 1.165) is 25.3 Å². The van der Waals surface area contributed by atoms with Crippen molar-refractivity contribution in [1.82, 2.24) is 10.9 Å². The van der Waals surface area contributed by atoms with Crippen molar-refractivity contribution < 1.29 is 15.0 Å². The van der Waals surface area contributed by atoms with E-state index in [1.807, 2.05) is 0 Å². The van der Waals surface area contributed by atoms with E-state index < -0.39 is 5.91 Å². The monoisotopic (exact) mass is 260 g/mol. The Morgan fingerprint density at radius 3 is 2.79 bits per heavy atom. The highest BCUT2D eigenvalue weighted by Crippen LogP contribution is 2.22. The van der Waals surface area contributed by atoms with Crippen LogP contribution in [0, 0.1) is 0 Å². The van der Waals surface area contributed by atoms with Gasteiger partial charge in [-0.2, -0.15) is 0 Å². The van der Waals surface area contributed by atoms with Gasteiger partial charge in [0.25, 0.3) is 5.91 Å². The van der Waals surface area contributed by atoms with Crippen LogP contribution in [0.1, 0.15) is 29.6 Å². The summed E-state index contributed by atoms with van der Waals surface area (Å²) in [5.41, 5.74) is 6.51. The zero-order valence-corrected chi connectivity index (χ0v) is 10.4. The maximum atomic E-state index is 11.8. The molecule has 100 valence electrons. The molecule has 0 radical (unpaired) electrons. The Labute approximate surface area is 111 Å². The molecule has 1 aromatic carbocycles. The van der Waals surface area contributed by atoms with Crippen LogP contribution >= 0.6 is 0 Å². The van der Waals surface area contributed by atoms with Crippen molar-refractivity contribution in [1.29, 1.82) is 0 Å². The number of benzene rings is 1. The second-order valence-electron chi connectivity index (χ2n) is 4.32. The molecule has 1 aliphatic carbocycles. The molecular formula is C14H16N2O3. The molecule has 0 unspecified atom stereocenters. The molecule has 4 N–H and O–H groups in total. The summed E-state index contributed by atoms with van der Waals surface area (Å²) >= 11 is 0. The Morgan fingerprint density at radius 2 is 2.11 bits per heavy atom. The first-order valence-corrected chi connectivity index (χ1v) is 6.07. The van der Waals surface area contributed by atoms with E-state index in [1.165, 1.54) is 17.7 Å². The molecule has 0 saturated carbocycles. The van der Waals surface area contributed by atoms with E-state index in [-0.39, 0.29) is 17.1 Å². The van der Waals surface area contributed by atoms with E-state index >= 15 is 0 Å². The van der Waals surface area contributed by atoms with Gasteiger partial charge < -0.3 is 15.6 Å². The third-order valence-electron chi connectivity index (χ3n) is 2.87. The van der Waals surface area contributed by atoms with Crippen molar-refractivity contribution in [2.24, 2.45) is 0 Å². The number of phenolic OH excluding ortho intramolecular Hbond substituents is 2. The largest absolute Gasteiger partial charge is 0.508 e. The average molecular weight is 260 g/mol. The summed E-state index contributed by atoms with van der Waals surface area (Å²) in [5, 5.41) is 18.7. The number of allylic oxidation sites excluding steroid dienone is 3. The molecule has 1 aliphatic rings. The maximum absolute atomic E-state index is 11.8. The number of amides is 1. The number of phenols is 2. The Balaban J connectivity index is 1.92. The lowest BCUT2D eigenvalue weighted by atomic mass is 10.0. The van der Waals surface area contributed by atoms with Gasteiger partial charge in [-0.1, -0.05) is 12.2 Å². The predicted octanol–water partition coefficient (Wildman–Crippen LogP) is 1.96. The highest BCUT2D eigenvalue weighted by atomic mass is 16.3. The van der Waals surface area contributed by atoms with Crippen molar-refractivity contribution in [2.75, 3.05) is 0 Å². The van der Waals surface area contributed by atoms with Crippen LogP contribution in [-0.2, 0) is 0 Å². The molecule has 0 heterocycles. The first-order valence-electron chi connectivity index (χ1n) is 6.07. The lowest BCUT2D eigenvalue weighted by molar-refractivity contribution is 0.0938. The number of nitrogens with one attached hydrogen (secondary N) is 2. The van der Waals surface area contributed by atoms with Crippen LogP contribution in [0.25, 0.3) is 0 Å². The van der Waals surface area contributed by atoms with Gasteiger partial charge in [-0.05, 0) is 37.0 Å². The number of carbonyl (C=O) groups excluding carboxylic acids is 1. The Hall–Kier alpha value is -2.43. The summed E-state index contributed by atoms with van der Waals surface area (Å²) in [5.74, 6) is -0.800. The number of aromatic hydroxyl groups is 2. The lowest BCUT2D eigenvalue weighted by Gasteiger charge is -2.10. The van der Waals surface area contributed by atoms with Crippen LogP contribution in [0.5, 0.6) is 11.5 Å². The van der Waals surface area contributed by atoms with Crippen molar-refractivity contribution >= 4 is 5.91 Å². The zero-order valence-electron chi connectivity index (χ0n) is 10.4. The van der Waals surface area contributed by atoms with E-state index in [9.17, 15) is 9.90 Å². The van der Waals surface area contributed by atoms with Crippen molar-refractivity contribution in [3.8, 4) is 11.5 Å². The minimum atomic E-state index is -0.458. The molecule has 0 fully saturated rings. The van der Waals surface area contributed by atoms with Crippen LogP contribution in [0.3, 0.4) is 0 Å². The van der Waals surface area contributed by atoms with E-state index in [1.54, 1.807) is 6.20 Å². The number of hydrogen-bond acceptors (Lipinski definition) is 4. The van der Waals surface area contributed by atoms with E-state index in [4.69, 9.17) is 5.11 Å². The molecule has 0 aliphatic heterocycles. The molecule has 5 nitrogen and oxygen atoms in total. The zero-order chi connectivity index (χ0) is 13.7. The number of carbonyl (C=O) groups is 1. The standard InChI is InChI=1S/C14H16N2O3/c17-11-6-7-12(13(18)8-11)14(19)16-15-9-10-4-2-1-3-5-10/h1-2,6-9,15,17-18H,3-5H2,(H,16,19)/b10-9+. The Bertz CT molecular complexity index is 535. The van der Waals surface area contributed by atoms with Crippen LogP contribution in [-0.4, -0.2) is 16.1 Å². The summed E-state index contributed by atoms with van der Waals surface area (Å²) < 4.78 is 0. The second-order valence-corrected chi connectivity index (χ2v) is 4.32.